The third-order valence-electron chi connectivity index (χ3n) is 2.80. The van der Waals surface area contributed by atoms with Gasteiger partial charge in [0, 0.05) is 5.75 Å². The van der Waals surface area contributed by atoms with Crippen molar-refractivity contribution in [2.45, 2.75) is 51.4 Å². The number of piperidine rings is 1. The quantitative estimate of drug-likeness (QED) is 0.770. The van der Waals surface area contributed by atoms with E-state index in [0.717, 1.165) is 12.3 Å². The Morgan fingerprint density at radius 1 is 1.31 bits per heavy atom. The molecule has 4 heteroatoms. The van der Waals surface area contributed by atoms with Crippen molar-refractivity contribution >= 4 is 17.5 Å². The third kappa shape index (κ3) is 4.07. The topological polar surface area (TPSA) is 46.3 Å². The molecular formula is C12H26N2OS. The Morgan fingerprint density at radius 3 is 2.50 bits per heavy atom. The largest absolute Gasteiger partial charge is 0.333 e. The van der Waals surface area contributed by atoms with Crippen LogP contribution in [0.5, 0.6) is 0 Å². The highest BCUT2D eigenvalue weighted by Gasteiger charge is 2.37. The summed E-state index contributed by atoms with van der Waals surface area (Å²) in [5.41, 5.74) is 4.50. The Morgan fingerprint density at radius 2 is 1.94 bits per heavy atom. The number of hydrogen-bond acceptors (Lipinski definition) is 4. The van der Waals surface area contributed by atoms with Crippen LogP contribution in [0, 0.1) is 0 Å². The van der Waals surface area contributed by atoms with Gasteiger partial charge in [0.15, 0.2) is 0 Å². The highest BCUT2D eigenvalue weighted by molar-refractivity contribution is 8.00. The average Bonchev–Trinajstić information content (AvgIpc) is 2.78. The van der Waals surface area contributed by atoms with Crippen molar-refractivity contribution in [3.05, 3.63) is 0 Å². The van der Waals surface area contributed by atoms with Crippen molar-refractivity contribution in [2.24, 2.45) is 5.73 Å². The van der Waals surface area contributed by atoms with E-state index in [1.165, 1.54) is 26.3 Å². The number of ketones is 1. The zero-order chi connectivity index (χ0) is 12.6. The molecule has 2 fully saturated rings. The van der Waals surface area contributed by atoms with Crippen LogP contribution < -0.4 is 5.73 Å². The maximum absolute atomic E-state index is 11.2. The third-order valence-corrected chi connectivity index (χ3v) is 4.20. The highest BCUT2D eigenvalue weighted by atomic mass is 32.2. The van der Waals surface area contributed by atoms with E-state index >= 15 is 0 Å². The molecule has 16 heavy (non-hydrogen) atoms. The molecule has 96 valence electrons. The standard InChI is InChI=1S/C9H15NOS.C2H6.CH5N/c1-7(11)8-6-12-9-4-2-3-5-10(8)9;2*1-2/h8-9H,2-6H2,1H3;1-2H3;2H2,1H3. The summed E-state index contributed by atoms with van der Waals surface area (Å²) < 4.78 is 0. The minimum atomic E-state index is 0.236. The number of carbonyl (C=O) groups is 1. The SMILES string of the molecule is CC.CC(=O)C1CSC2CCCCN21.CN. The number of nitrogens with two attached hydrogens (primary N) is 1. The Kier molecular flexibility index (Phi) is 8.99. The van der Waals surface area contributed by atoms with Gasteiger partial charge in [-0.05, 0) is 39.8 Å². The molecule has 0 spiro atoms. The molecule has 2 N–H and O–H groups in total. The molecule has 2 unspecified atom stereocenters. The zero-order valence-corrected chi connectivity index (χ0v) is 11.8. The summed E-state index contributed by atoms with van der Waals surface area (Å²) in [7, 11) is 1.50. The first-order chi connectivity index (χ1) is 7.79. The summed E-state index contributed by atoms with van der Waals surface area (Å²) in [5.74, 6) is 1.38. The lowest BCUT2D eigenvalue weighted by molar-refractivity contribution is -0.121. The molecule has 2 saturated heterocycles. The van der Waals surface area contributed by atoms with Crippen LogP contribution in [-0.2, 0) is 4.79 Å². The second kappa shape index (κ2) is 9.02. The molecule has 0 radical (unpaired) electrons. The van der Waals surface area contributed by atoms with E-state index in [4.69, 9.17) is 0 Å². The Hall–Kier alpha value is -0.0600. The van der Waals surface area contributed by atoms with Gasteiger partial charge in [-0.25, -0.2) is 0 Å². The lowest BCUT2D eigenvalue weighted by Crippen LogP contribution is -2.43. The van der Waals surface area contributed by atoms with Crippen molar-refractivity contribution in [1.29, 1.82) is 0 Å². The van der Waals surface area contributed by atoms with E-state index in [0.29, 0.717) is 11.2 Å². The fourth-order valence-electron chi connectivity index (χ4n) is 2.11. The van der Waals surface area contributed by atoms with Gasteiger partial charge in [0.1, 0.15) is 5.78 Å². The van der Waals surface area contributed by atoms with Crippen molar-refractivity contribution in [3.8, 4) is 0 Å². The van der Waals surface area contributed by atoms with Gasteiger partial charge in [-0.3, -0.25) is 9.69 Å². The Bertz CT molecular complexity index is 199. The van der Waals surface area contributed by atoms with E-state index in [9.17, 15) is 4.79 Å². The average molecular weight is 246 g/mol. The maximum atomic E-state index is 11.2. The molecule has 2 aliphatic heterocycles. The van der Waals surface area contributed by atoms with Crippen molar-refractivity contribution in [3.63, 3.8) is 0 Å². The molecule has 3 nitrogen and oxygen atoms in total. The lowest BCUT2D eigenvalue weighted by Gasteiger charge is -2.31. The molecule has 2 aliphatic rings. The van der Waals surface area contributed by atoms with E-state index < -0.39 is 0 Å². The first-order valence-electron chi connectivity index (χ1n) is 6.24. The molecule has 0 aromatic rings. The fourth-order valence-corrected chi connectivity index (χ4v) is 3.72. The monoisotopic (exact) mass is 246 g/mol. The van der Waals surface area contributed by atoms with Gasteiger partial charge in [-0.15, -0.1) is 11.8 Å². The smallest absolute Gasteiger partial charge is 0.147 e. The molecule has 0 aromatic carbocycles. The van der Waals surface area contributed by atoms with E-state index in [-0.39, 0.29) is 6.04 Å². The summed E-state index contributed by atoms with van der Waals surface area (Å²) in [5, 5.41) is 0.660. The number of thioether (sulfide) groups is 1. The number of rotatable bonds is 1. The highest BCUT2D eigenvalue weighted by Crippen LogP contribution is 2.35. The van der Waals surface area contributed by atoms with Crippen LogP contribution in [0.25, 0.3) is 0 Å². The van der Waals surface area contributed by atoms with Crippen molar-refractivity contribution < 1.29 is 4.79 Å². The van der Waals surface area contributed by atoms with Gasteiger partial charge in [-0.1, -0.05) is 13.8 Å². The number of nitrogens with zero attached hydrogens (tertiary/aromatic N) is 1. The summed E-state index contributed by atoms with van der Waals surface area (Å²) in [4.78, 5) is 13.6. The second-order valence-corrected chi connectivity index (χ2v) is 4.86. The van der Waals surface area contributed by atoms with Crippen molar-refractivity contribution in [1.82, 2.24) is 4.90 Å². The van der Waals surface area contributed by atoms with Gasteiger partial charge in [0.25, 0.3) is 0 Å². The number of Topliss-reactive ketones (excluding diaryl/α,β-unsaturated/α-hetero) is 1. The number of hydrogen-bond donors (Lipinski definition) is 1. The molecule has 0 aliphatic carbocycles. The molecule has 0 bridgehead atoms. The maximum Gasteiger partial charge on any atom is 0.147 e. The van der Waals surface area contributed by atoms with Crippen LogP contribution in [-0.4, -0.2) is 41.4 Å². The summed E-state index contributed by atoms with van der Waals surface area (Å²) >= 11 is 1.97. The van der Waals surface area contributed by atoms with E-state index in [1.54, 1.807) is 6.92 Å². The molecular weight excluding hydrogens is 220 g/mol. The van der Waals surface area contributed by atoms with Crippen LogP contribution in [0.15, 0.2) is 0 Å². The fraction of sp³-hybridized carbons (Fsp3) is 0.917. The van der Waals surface area contributed by atoms with Crippen LogP contribution in [0.2, 0.25) is 0 Å². The van der Waals surface area contributed by atoms with E-state index in [1.807, 2.05) is 25.6 Å². The molecule has 0 amide bonds. The number of fused-ring (bicyclic) bond motifs is 1. The van der Waals surface area contributed by atoms with Gasteiger partial charge >= 0.3 is 0 Å². The first-order valence-corrected chi connectivity index (χ1v) is 7.29. The van der Waals surface area contributed by atoms with Gasteiger partial charge in [0.05, 0.1) is 11.4 Å². The predicted molar refractivity (Wildman–Crippen MR) is 72.7 cm³/mol. The van der Waals surface area contributed by atoms with E-state index in [2.05, 4.69) is 10.6 Å². The molecule has 2 rings (SSSR count). The summed E-state index contributed by atoms with van der Waals surface area (Å²) in [6, 6.07) is 0.236. The molecule has 2 heterocycles. The minimum Gasteiger partial charge on any atom is -0.333 e. The molecule has 0 saturated carbocycles. The number of carbonyl (C=O) groups excluding carboxylic acids is 1. The summed E-state index contributed by atoms with van der Waals surface area (Å²) in [6.45, 7) is 6.87. The van der Waals surface area contributed by atoms with Gasteiger partial charge < -0.3 is 5.73 Å². The van der Waals surface area contributed by atoms with Crippen LogP contribution in [0.3, 0.4) is 0 Å². The zero-order valence-electron chi connectivity index (χ0n) is 11.0. The van der Waals surface area contributed by atoms with Gasteiger partial charge in [-0.2, -0.15) is 0 Å². The van der Waals surface area contributed by atoms with Crippen LogP contribution in [0.4, 0.5) is 0 Å². The normalized spacial score (nSPS) is 28.1. The summed E-state index contributed by atoms with van der Waals surface area (Å²) in [6.07, 6.45) is 3.91. The Balaban J connectivity index is 0.000000509. The molecule has 2 atom stereocenters. The lowest BCUT2D eigenvalue weighted by atomic mass is 10.1. The van der Waals surface area contributed by atoms with Crippen LogP contribution >= 0.6 is 11.8 Å². The second-order valence-electron chi connectivity index (χ2n) is 3.65. The molecule has 0 aromatic heterocycles. The van der Waals surface area contributed by atoms with Crippen molar-refractivity contribution in [2.75, 3.05) is 19.3 Å². The Labute approximate surface area is 104 Å². The predicted octanol–water partition coefficient (Wildman–Crippen LogP) is 2.10. The van der Waals surface area contributed by atoms with Crippen LogP contribution in [0.1, 0.15) is 40.0 Å². The minimum absolute atomic E-state index is 0.236. The first kappa shape index (κ1) is 15.9. The van der Waals surface area contributed by atoms with Gasteiger partial charge in [0.2, 0.25) is 0 Å².